The third-order valence-corrected chi connectivity index (χ3v) is 4.15. The van der Waals surface area contributed by atoms with Crippen molar-refractivity contribution in [2.24, 2.45) is 0 Å². The van der Waals surface area contributed by atoms with Crippen molar-refractivity contribution in [1.82, 2.24) is 14.8 Å². The molecule has 1 saturated heterocycles. The lowest BCUT2D eigenvalue weighted by molar-refractivity contribution is 0.228. The number of hydrogen-bond donors (Lipinski definition) is 1. The smallest absolute Gasteiger partial charge is 0.134 e. The van der Waals surface area contributed by atoms with Crippen molar-refractivity contribution in [3.05, 3.63) is 22.9 Å². The topological polar surface area (TPSA) is 42.8 Å². The fourth-order valence-corrected chi connectivity index (χ4v) is 2.83. The largest absolute Gasteiger partial charge is 0.392 e. The highest BCUT2D eigenvalue weighted by Crippen LogP contribution is 2.23. The van der Waals surface area contributed by atoms with Crippen LogP contribution in [0.1, 0.15) is 16.8 Å². The predicted molar refractivity (Wildman–Crippen MR) is 86.8 cm³/mol. The summed E-state index contributed by atoms with van der Waals surface area (Å²) in [7, 11) is 4.23. The molecule has 1 N–H and O–H groups in total. The summed E-state index contributed by atoms with van der Waals surface area (Å²) in [6.45, 7) is 10.4. The summed E-state index contributed by atoms with van der Waals surface area (Å²) in [6, 6.07) is 2.04. The van der Waals surface area contributed by atoms with E-state index in [-0.39, 0.29) is 6.61 Å². The highest BCUT2D eigenvalue weighted by atomic mass is 16.3. The molecule has 0 radical (unpaired) electrons. The monoisotopic (exact) mass is 292 g/mol. The Balaban J connectivity index is 2.02. The van der Waals surface area contributed by atoms with Gasteiger partial charge in [0.15, 0.2) is 0 Å². The number of pyridine rings is 1. The first-order chi connectivity index (χ1) is 10.0. The average molecular weight is 292 g/mol. The highest BCUT2D eigenvalue weighted by molar-refractivity contribution is 5.51. The van der Waals surface area contributed by atoms with Crippen LogP contribution in [0.3, 0.4) is 0 Å². The summed E-state index contributed by atoms with van der Waals surface area (Å²) in [5.41, 5.74) is 3.13. The first-order valence-electron chi connectivity index (χ1n) is 7.71. The molecule has 118 valence electrons. The van der Waals surface area contributed by atoms with Gasteiger partial charge < -0.3 is 14.9 Å². The molecule has 1 aliphatic heterocycles. The molecule has 5 nitrogen and oxygen atoms in total. The number of anilines is 1. The Morgan fingerprint density at radius 2 is 1.86 bits per heavy atom. The van der Waals surface area contributed by atoms with E-state index in [1.165, 1.54) is 0 Å². The Labute approximate surface area is 128 Å². The van der Waals surface area contributed by atoms with Crippen LogP contribution in [0.25, 0.3) is 0 Å². The van der Waals surface area contributed by atoms with Gasteiger partial charge in [0.25, 0.3) is 0 Å². The van der Waals surface area contributed by atoms with Crippen molar-refractivity contribution in [3.63, 3.8) is 0 Å². The van der Waals surface area contributed by atoms with E-state index in [4.69, 9.17) is 0 Å². The minimum atomic E-state index is 0.0648. The zero-order chi connectivity index (χ0) is 15.4. The molecule has 0 saturated carbocycles. The van der Waals surface area contributed by atoms with E-state index < -0.39 is 0 Å². The van der Waals surface area contributed by atoms with Crippen molar-refractivity contribution >= 4 is 5.82 Å². The van der Waals surface area contributed by atoms with Gasteiger partial charge in [-0.2, -0.15) is 0 Å². The van der Waals surface area contributed by atoms with E-state index >= 15 is 0 Å². The fourth-order valence-electron chi connectivity index (χ4n) is 2.83. The standard InChI is InChI=1S/C16H28N4O/c1-13-11-14(2)17-16(15(13)12-21)20-9-7-19(8-10-20)6-5-18(3)4/h11,21H,5-10,12H2,1-4H3. The molecule has 0 aliphatic carbocycles. The van der Waals surface area contributed by atoms with E-state index in [0.717, 1.165) is 61.9 Å². The lowest BCUT2D eigenvalue weighted by atomic mass is 10.1. The molecule has 0 atom stereocenters. The number of rotatable bonds is 5. The summed E-state index contributed by atoms with van der Waals surface area (Å²) in [5, 5.41) is 9.64. The Kier molecular flexibility index (Phi) is 5.56. The molecule has 1 aromatic rings. The summed E-state index contributed by atoms with van der Waals surface area (Å²) in [6.07, 6.45) is 0. The van der Waals surface area contributed by atoms with Crippen LogP contribution in [-0.2, 0) is 6.61 Å². The van der Waals surface area contributed by atoms with Gasteiger partial charge in [0, 0.05) is 50.5 Å². The zero-order valence-electron chi connectivity index (χ0n) is 13.8. The van der Waals surface area contributed by atoms with E-state index in [0.29, 0.717) is 0 Å². The molecule has 0 unspecified atom stereocenters. The number of aliphatic hydroxyl groups is 1. The molecule has 2 rings (SSSR count). The van der Waals surface area contributed by atoms with Crippen LogP contribution in [0.4, 0.5) is 5.82 Å². The molecule has 0 aromatic carbocycles. The number of aryl methyl sites for hydroxylation is 2. The van der Waals surface area contributed by atoms with Crippen LogP contribution in [0.2, 0.25) is 0 Å². The van der Waals surface area contributed by atoms with Crippen molar-refractivity contribution in [2.45, 2.75) is 20.5 Å². The SMILES string of the molecule is Cc1cc(C)c(CO)c(N2CCN(CCN(C)C)CC2)n1. The lowest BCUT2D eigenvalue weighted by Crippen LogP contribution is -2.48. The molecule has 1 aromatic heterocycles. The van der Waals surface area contributed by atoms with Crippen molar-refractivity contribution in [2.75, 3.05) is 58.3 Å². The average Bonchev–Trinajstić information content (AvgIpc) is 2.45. The first-order valence-corrected chi connectivity index (χ1v) is 7.71. The third kappa shape index (κ3) is 4.15. The summed E-state index contributed by atoms with van der Waals surface area (Å²) in [5.74, 6) is 0.974. The second kappa shape index (κ2) is 7.20. The zero-order valence-corrected chi connectivity index (χ0v) is 13.8. The van der Waals surface area contributed by atoms with Gasteiger partial charge in [-0.05, 0) is 39.6 Å². The summed E-state index contributed by atoms with van der Waals surface area (Å²) >= 11 is 0. The highest BCUT2D eigenvalue weighted by Gasteiger charge is 2.21. The Bertz CT molecular complexity index is 468. The number of aliphatic hydroxyl groups excluding tert-OH is 1. The van der Waals surface area contributed by atoms with Gasteiger partial charge in [-0.25, -0.2) is 4.98 Å². The molecule has 21 heavy (non-hydrogen) atoms. The Morgan fingerprint density at radius 1 is 1.19 bits per heavy atom. The molecule has 1 fully saturated rings. The molecule has 2 heterocycles. The van der Waals surface area contributed by atoms with Gasteiger partial charge in [-0.15, -0.1) is 0 Å². The van der Waals surface area contributed by atoms with Gasteiger partial charge >= 0.3 is 0 Å². The van der Waals surface area contributed by atoms with Gasteiger partial charge in [0.1, 0.15) is 5.82 Å². The van der Waals surface area contributed by atoms with Crippen LogP contribution >= 0.6 is 0 Å². The van der Waals surface area contributed by atoms with Gasteiger partial charge in [-0.1, -0.05) is 0 Å². The fraction of sp³-hybridized carbons (Fsp3) is 0.688. The quantitative estimate of drug-likeness (QED) is 0.872. The van der Waals surface area contributed by atoms with Crippen LogP contribution in [0, 0.1) is 13.8 Å². The maximum atomic E-state index is 9.64. The van der Waals surface area contributed by atoms with Gasteiger partial charge in [0.05, 0.1) is 6.61 Å². The second-order valence-corrected chi connectivity index (χ2v) is 6.17. The van der Waals surface area contributed by atoms with E-state index in [2.05, 4.69) is 40.7 Å². The molecule has 0 amide bonds. The summed E-state index contributed by atoms with van der Waals surface area (Å²) in [4.78, 5) is 11.7. The third-order valence-electron chi connectivity index (χ3n) is 4.15. The Hall–Kier alpha value is -1.17. The molecule has 0 bridgehead atoms. The maximum absolute atomic E-state index is 9.64. The van der Waals surface area contributed by atoms with E-state index in [1.807, 2.05) is 13.0 Å². The van der Waals surface area contributed by atoms with E-state index in [1.54, 1.807) is 0 Å². The minimum absolute atomic E-state index is 0.0648. The number of nitrogens with zero attached hydrogens (tertiary/aromatic N) is 4. The first kappa shape index (κ1) is 16.2. The van der Waals surface area contributed by atoms with Crippen LogP contribution < -0.4 is 4.90 Å². The maximum Gasteiger partial charge on any atom is 0.134 e. The molecule has 1 aliphatic rings. The lowest BCUT2D eigenvalue weighted by Gasteiger charge is -2.36. The second-order valence-electron chi connectivity index (χ2n) is 6.17. The number of aromatic nitrogens is 1. The Morgan fingerprint density at radius 3 is 2.43 bits per heavy atom. The number of likely N-dealkylation sites (N-methyl/N-ethyl adjacent to an activating group) is 1. The predicted octanol–water partition coefficient (Wildman–Crippen LogP) is 0.874. The summed E-state index contributed by atoms with van der Waals surface area (Å²) < 4.78 is 0. The molecule has 0 spiro atoms. The molecule has 5 heteroatoms. The van der Waals surface area contributed by atoms with Crippen LogP contribution in [0.15, 0.2) is 6.07 Å². The number of hydrogen-bond acceptors (Lipinski definition) is 5. The van der Waals surface area contributed by atoms with Crippen molar-refractivity contribution in [3.8, 4) is 0 Å². The van der Waals surface area contributed by atoms with E-state index in [9.17, 15) is 5.11 Å². The van der Waals surface area contributed by atoms with Gasteiger partial charge in [0.2, 0.25) is 0 Å². The van der Waals surface area contributed by atoms with Gasteiger partial charge in [-0.3, -0.25) is 4.90 Å². The van der Waals surface area contributed by atoms with Crippen LogP contribution in [0.5, 0.6) is 0 Å². The van der Waals surface area contributed by atoms with Crippen LogP contribution in [-0.4, -0.2) is 73.3 Å². The normalized spacial score (nSPS) is 16.8. The van der Waals surface area contributed by atoms with Crippen molar-refractivity contribution in [1.29, 1.82) is 0 Å². The number of piperazine rings is 1. The van der Waals surface area contributed by atoms with Crippen molar-refractivity contribution < 1.29 is 5.11 Å². The molecular formula is C16H28N4O. The minimum Gasteiger partial charge on any atom is -0.392 e. The molecular weight excluding hydrogens is 264 g/mol.